The Bertz CT molecular complexity index is 553. The van der Waals surface area contributed by atoms with Crippen molar-refractivity contribution in [1.29, 1.82) is 0 Å². The van der Waals surface area contributed by atoms with Crippen molar-refractivity contribution in [2.75, 3.05) is 38.2 Å². The molecule has 0 aliphatic rings. The highest BCUT2D eigenvalue weighted by Crippen LogP contribution is 2.19. The third-order valence-corrected chi connectivity index (χ3v) is 9.12. The zero-order valence-corrected chi connectivity index (χ0v) is 28.4. The summed E-state index contributed by atoms with van der Waals surface area (Å²) in [5.41, 5.74) is 0. The molecule has 0 saturated heterocycles. The van der Waals surface area contributed by atoms with Gasteiger partial charge in [0.15, 0.2) is 0 Å². The van der Waals surface area contributed by atoms with E-state index in [1.165, 1.54) is 83.6 Å². The average Bonchev–Trinajstić information content (AvgIpc) is 2.92. The summed E-state index contributed by atoms with van der Waals surface area (Å²) in [6.45, 7) is 10.6. The quantitative estimate of drug-likeness (QED) is 0.0360. The molecule has 226 valence electrons. The van der Waals surface area contributed by atoms with Gasteiger partial charge in [-0.25, -0.2) is 4.79 Å². The van der Waals surface area contributed by atoms with Crippen LogP contribution in [0.1, 0.15) is 143 Å². The lowest BCUT2D eigenvalue weighted by Gasteiger charge is -2.24. The van der Waals surface area contributed by atoms with E-state index < -0.39 is 6.04 Å². The Balaban J connectivity index is 4.18. The summed E-state index contributed by atoms with van der Waals surface area (Å²) in [5.74, 6) is 0.665. The molecular weight excluding hydrogens is 607 g/mol. The molecule has 7 heteroatoms. The van der Waals surface area contributed by atoms with E-state index in [-0.39, 0.29) is 11.9 Å². The van der Waals surface area contributed by atoms with E-state index in [9.17, 15) is 9.59 Å². The molecule has 0 aromatic heterocycles. The van der Waals surface area contributed by atoms with Crippen LogP contribution in [0.3, 0.4) is 0 Å². The predicted octanol–water partition coefficient (Wildman–Crippen LogP) is 9.21. The molecule has 0 bridgehead atoms. The Morgan fingerprint density at radius 1 is 0.737 bits per heavy atom. The zero-order valence-electron chi connectivity index (χ0n) is 25.5. The number of unbranched alkanes of at least 4 members (excludes halogenated alkanes) is 14. The van der Waals surface area contributed by atoms with E-state index in [1.54, 1.807) is 14.9 Å². The molecule has 1 amide bonds. The number of hydrogen-bond donors (Lipinski definition) is 0. The topological polar surface area (TPSA) is 49.9 Å². The fourth-order valence-electron chi connectivity index (χ4n) is 4.67. The Hall–Kier alpha value is -0.0200. The van der Waals surface area contributed by atoms with Gasteiger partial charge in [-0.3, -0.25) is 7.91 Å². The maximum absolute atomic E-state index is 12.9. The summed E-state index contributed by atoms with van der Waals surface area (Å²) in [6.07, 6.45) is 24.1. The summed E-state index contributed by atoms with van der Waals surface area (Å²) >= 11 is 3.75. The van der Waals surface area contributed by atoms with E-state index in [4.69, 9.17) is 4.74 Å². The van der Waals surface area contributed by atoms with Gasteiger partial charge in [-0.1, -0.05) is 97.8 Å². The molecule has 0 aliphatic heterocycles. The first kappa shape index (κ1) is 38.0. The van der Waals surface area contributed by atoms with Gasteiger partial charge in [0, 0.05) is 6.42 Å². The molecule has 0 spiro atoms. The third-order valence-electron chi connectivity index (χ3n) is 7.26. The van der Waals surface area contributed by atoms with Gasteiger partial charge in [-0.2, -0.15) is 11.8 Å². The van der Waals surface area contributed by atoms with Crippen molar-refractivity contribution in [3.05, 3.63) is 0 Å². The Morgan fingerprint density at radius 3 is 1.76 bits per heavy atom. The summed E-state index contributed by atoms with van der Waals surface area (Å²) in [4.78, 5) is 28.2. The molecular formula is C31H61IN2O3S. The van der Waals surface area contributed by atoms with E-state index in [2.05, 4.69) is 25.7 Å². The highest BCUT2D eigenvalue weighted by molar-refractivity contribution is 14.1. The maximum atomic E-state index is 12.9. The van der Waals surface area contributed by atoms with Crippen LogP contribution >= 0.6 is 34.6 Å². The monoisotopic (exact) mass is 668 g/mol. The van der Waals surface area contributed by atoms with Gasteiger partial charge in [0.05, 0.1) is 29.5 Å². The van der Waals surface area contributed by atoms with Crippen LogP contribution in [-0.2, 0) is 14.3 Å². The predicted molar refractivity (Wildman–Crippen MR) is 175 cm³/mol. The Labute approximate surface area is 254 Å². The van der Waals surface area contributed by atoms with Crippen molar-refractivity contribution in [2.45, 2.75) is 149 Å². The summed E-state index contributed by atoms with van der Waals surface area (Å²) in [6, 6.07) is -0.475. The van der Waals surface area contributed by atoms with E-state index in [0.717, 1.165) is 50.9 Å². The van der Waals surface area contributed by atoms with Gasteiger partial charge >= 0.3 is 5.97 Å². The first-order valence-corrected chi connectivity index (χ1v) is 18.2. The van der Waals surface area contributed by atoms with Crippen LogP contribution in [0.4, 0.5) is 0 Å². The van der Waals surface area contributed by atoms with Crippen LogP contribution in [0.15, 0.2) is 0 Å². The standard InChI is InChI=1S/C31H61IN2O3S/c1-5-8-10-12-13-14-15-16-19-23-30(35)34(32)29(24-28-38-4)31(36)37-27-22-18-21-26-33(7-3)25-20-17-11-9-6-2/h29H,5-28H2,1-4H3. The number of hydrogen-bond acceptors (Lipinski definition) is 5. The molecule has 0 rings (SSSR count). The van der Waals surface area contributed by atoms with E-state index in [0.29, 0.717) is 19.4 Å². The molecule has 0 aliphatic carbocycles. The lowest BCUT2D eigenvalue weighted by Crippen LogP contribution is -2.40. The minimum Gasteiger partial charge on any atom is -0.464 e. The number of rotatable bonds is 28. The maximum Gasteiger partial charge on any atom is 0.329 e. The summed E-state index contributed by atoms with van der Waals surface area (Å²) in [7, 11) is 0. The van der Waals surface area contributed by atoms with Gasteiger partial charge in [0.25, 0.3) is 0 Å². The Kier molecular flexibility index (Phi) is 28.5. The largest absolute Gasteiger partial charge is 0.464 e. The summed E-state index contributed by atoms with van der Waals surface area (Å²) < 4.78 is 7.27. The van der Waals surface area contributed by atoms with Crippen LogP contribution in [0, 0.1) is 0 Å². The van der Waals surface area contributed by atoms with Gasteiger partial charge in [0.2, 0.25) is 5.91 Å². The number of nitrogens with zero attached hydrogens (tertiary/aromatic N) is 2. The van der Waals surface area contributed by atoms with Crippen molar-refractivity contribution in [3.63, 3.8) is 0 Å². The number of carbonyl (C=O) groups is 2. The normalized spacial score (nSPS) is 12.2. The second kappa shape index (κ2) is 28.5. The molecule has 0 heterocycles. The molecule has 0 fully saturated rings. The second-order valence-electron chi connectivity index (χ2n) is 10.7. The smallest absolute Gasteiger partial charge is 0.329 e. The van der Waals surface area contributed by atoms with E-state index >= 15 is 0 Å². The molecule has 1 unspecified atom stereocenters. The zero-order chi connectivity index (χ0) is 28.3. The molecule has 5 nitrogen and oxygen atoms in total. The number of halogens is 1. The van der Waals surface area contributed by atoms with Crippen molar-refractivity contribution in [1.82, 2.24) is 8.01 Å². The van der Waals surface area contributed by atoms with Crippen LogP contribution in [-0.4, -0.2) is 64.2 Å². The average molecular weight is 669 g/mol. The number of thioether (sulfide) groups is 1. The molecule has 0 N–H and O–H groups in total. The number of carbonyl (C=O) groups excluding carboxylic acids is 2. The van der Waals surface area contributed by atoms with E-state index in [1.807, 2.05) is 29.1 Å². The van der Waals surface area contributed by atoms with Crippen molar-refractivity contribution in [2.24, 2.45) is 0 Å². The summed E-state index contributed by atoms with van der Waals surface area (Å²) in [5, 5.41) is 0. The van der Waals surface area contributed by atoms with Gasteiger partial charge in [-0.15, -0.1) is 0 Å². The van der Waals surface area contributed by atoms with Crippen LogP contribution in [0.25, 0.3) is 0 Å². The number of amides is 1. The number of ether oxygens (including phenoxy) is 1. The van der Waals surface area contributed by atoms with Gasteiger partial charge in [-0.05, 0) is 70.2 Å². The first-order valence-electron chi connectivity index (χ1n) is 15.9. The highest BCUT2D eigenvalue weighted by Gasteiger charge is 2.29. The molecule has 0 radical (unpaired) electrons. The fourth-order valence-corrected chi connectivity index (χ4v) is 5.88. The lowest BCUT2D eigenvalue weighted by atomic mass is 10.1. The Morgan fingerprint density at radius 2 is 1.24 bits per heavy atom. The van der Waals surface area contributed by atoms with Crippen molar-refractivity contribution >= 4 is 46.5 Å². The molecule has 38 heavy (non-hydrogen) atoms. The fraction of sp³-hybridized carbons (Fsp3) is 0.935. The lowest BCUT2D eigenvalue weighted by molar-refractivity contribution is -0.150. The first-order chi connectivity index (χ1) is 18.5. The minimum atomic E-state index is -0.475. The SMILES string of the molecule is CCCCCCCCCCCC(=O)N(I)C(CCSC)C(=O)OCCCCCN(CC)CCCCCCC. The number of esters is 1. The third kappa shape index (κ3) is 21.8. The van der Waals surface area contributed by atoms with Crippen molar-refractivity contribution < 1.29 is 14.3 Å². The molecule has 0 aromatic rings. The molecule has 1 atom stereocenters. The minimum absolute atomic E-state index is 0.0611. The second-order valence-corrected chi connectivity index (χ2v) is 12.7. The molecule has 0 aromatic carbocycles. The van der Waals surface area contributed by atoms with Gasteiger partial charge < -0.3 is 9.64 Å². The van der Waals surface area contributed by atoms with Crippen LogP contribution in [0.5, 0.6) is 0 Å². The van der Waals surface area contributed by atoms with Gasteiger partial charge in [0.1, 0.15) is 6.04 Å². The highest BCUT2D eigenvalue weighted by atomic mass is 127. The van der Waals surface area contributed by atoms with Crippen molar-refractivity contribution in [3.8, 4) is 0 Å². The van der Waals surface area contributed by atoms with Crippen LogP contribution < -0.4 is 0 Å². The molecule has 0 saturated carbocycles. The van der Waals surface area contributed by atoms with Crippen LogP contribution in [0.2, 0.25) is 0 Å².